The van der Waals surface area contributed by atoms with E-state index < -0.39 is 17.9 Å². The molecule has 7 heteroatoms. The third-order valence-corrected chi connectivity index (χ3v) is 4.22. The molecule has 3 aromatic rings. The largest absolute Gasteiger partial charge is 0.433 e. The number of aryl methyl sites for hydroxylation is 1. The Balaban J connectivity index is 1.97. The molecule has 0 aliphatic rings. The number of benzene rings is 1. The molecule has 0 fully saturated rings. The standard InChI is InChI=1S/C21H17F3N4/c1-14-5-7-15(8-6-14)12-18(17-4-2-3-11-26-17)27-20-16(13-25)9-10-19(28-20)21(22,23)24/h2-11,18H,12H2,1H3,(H,27,28). The molecule has 1 N–H and O–H groups in total. The summed E-state index contributed by atoms with van der Waals surface area (Å²) in [5, 5.41) is 12.3. The van der Waals surface area contributed by atoms with Crippen molar-refractivity contribution in [2.75, 3.05) is 5.32 Å². The number of rotatable bonds is 5. The lowest BCUT2D eigenvalue weighted by Gasteiger charge is -2.20. The summed E-state index contributed by atoms with van der Waals surface area (Å²) in [6.45, 7) is 1.98. The summed E-state index contributed by atoms with van der Waals surface area (Å²) in [6.07, 6.45) is -2.51. The zero-order chi connectivity index (χ0) is 20.1. The van der Waals surface area contributed by atoms with Crippen molar-refractivity contribution in [1.29, 1.82) is 5.26 Å². The Hall–Kier alpha value is -3.40. The summed E-state index contributed by atoms with van der Waals surface area (Å²) in [5.41, 5.74) is 1.73. The first kappa shape index (κ1) is 19.4. The van der Waals surface area contributed by atoms with Crippen LogP contribution in [-0.2, 0) is 12.6 Å². The lowest BCUT2D eigenvalue weighted by Crippen LogP contribution is -2.18. The first-order valence-electron chi connectivity index (χ1n) is 8.58. The lowest BCUT2D eigenvalue weighted by molar-refractivity contribution is -0.141. The predicted octanol–water partition coefficient (Wildman–Crippen LogP) is 5.07. The van der Waals surface area contributed by atoms with Gasteiger partial charge in [-0.2, -0.15) is 18.4 Å². The van der Waals surface area contributed by atoms with E-state index in [9.17, 15) is 18.4 Å². The van der Waals surface area contributed by atoms with Gasteiger partial charge < -0.3 is 5.32 Å². The van der Waals surface area contributed by atoms with E-state index in [0.717, 1.165) is 23.3 Å². The van der Waals surface area contributed by atoms with E-state index in [1.165, 1.54) is 0 Å². The summed E-state index contributed by atoms with van der Waals surface area (Å²) < 4.78 is 39.2. The van der Waals surface area contributed by atoms with E-state index in [2.05, 4.69) is 15.3 Å². The number of nitrogens with one attached hydrogen (secondary N) is 1. The third kappa shape index (κ3) is 4.65. The molecular weight excluding hydrogens is 365 g/mol. The molecule has 28 heavy (non-hydrogen) atoms. The Bertz CT molecular complexity index is 977. The fourth-order valence-electron chi connectivity index (χ4n) is 2.75. The van der Waals surface area contributed by atoms with Crippen LogP contribution in [0.15, 0.2) is 60.8 Å². The molecule has 0 saturated carbocycles. The highest BCUT2D eigenvalue weighted by molar-refractivity contribution is 5.53. The van der Waals surface area contributed by atoms with Crippen molar-refractivity contribution in [1.82, 2.24) is 9.97 Å². The van der Waals surface area contributed by atoms with Gasteiger partial charge in [0.25, 0.3) is 0 Å². The SMILES string of the molecule is Cc1ccc(CC(Nc2nc(C(F)(F)F)ccc2C#N)c2ccccn2)cc1. The molecule has 4 nitrogen and oxygen atoms in total. The molecule has 142 valence electrons. The normalized spacial score (nSPS) is 12.2. The molecule has 0 radical (unpaired) electrons. The minimum Gasteiger partial charge on any atom is -0.360 e. The molecule has 3 rings (SSSR count). The molecule has 2 heterocycles. The van der Waals surface area contributed by atoms with Gasteiger partial charge in [0.1, 0.15) is 17.6 Å². The summed E-state index contributed by atoms with van der Waals surface area (Å²) in [5.74, 6) is -0.111. The van der Waals surface area contributed by atoms with Crippen LogP contribution in [0.1, 0.15) is 34.1 Å². The molecule has 0 aliphatic heterocycles. The molecule has 0 bridgehead atoms. The molecule has 0 aliphatic carbocycles. The second-order valence-electron chi connectivity index (χ2n) is 6.34. The minimum atomic E-state index is -4.60. The fraction of sp³-hybridized carbons (Fsp3) is 0.190. The topological polar surface area (TPSA) is 61.6 Å². The van der Waals surface area contributed by atoms with Crippen LogP contribution in [0.5, 0.6) is 0 Å². The van der Waals surface area contributed by atoms with Crippen molar-refractivity contribution >= 4 is 5.82 Å². The molecule has 0 spiro atoms. The van der Waals surface area contributed by atoms with E-state index in [-0.39, 0.29) is 11.4 Å². The van der Waals surface area contributed by atoms with Gasteiger partial charge in [0.15, 0.2) is 0 Å². The Kier molecular flexibility index (Phi) is 5.59. The molecule has 1 aromatic carbocycles. The molecule has 0 saturated heterocycles. The lowest BCUT2D eigenvalue weighted by atomic mass is 10.0. The quantitative estimate of drug-likeness (QED) is 0.669. The van der Waals surface area contributed by atoms with Gasteiger partial charge in [0.2, 0.25) is 0 Å². The Morgan fingerprint density at radius 1 is 1.07 bits per heavy atom. The van der Waals surface area contributed by atoms with Crippen LogP contribution in [0.25, 0.3) is 0 Å². The predicted molar refractivity (Wildman–Crippen MR) is 99.4 cm³/mol. The second-order valence-corrected chi connectivity index (χ2v) is 6.34. The van der Waals surface area contributed by atoms with Gasteiger partial charge in [-0.3, -0.25) is 4.98 Å². The summed E-state index contributed by atoms with van der Waals surface area (Å²) in [7, 11) is 0. The zero-order valence-electron chi connectivity index (χ0n) is 15.0. The first-order valence-corrected chi connectivity index (χ1v) is 8.58. The number of alkyl halides is 3. The highest BCUT2D eigenvalue weighted by Gasteiger charge is 2.33. The number of anilines is 1. The number of hydrogen-bond acceptors (Lipinski definition) is 4. The molecule has 1 atom stereocenters. The van der Waals surface area contributed by atoms with Crippen LogP contribution < -0.4 is 5.32 Å². The van der Waals surface area contributed by atoms with E-state index in [1.54, 1.807) is 24.4 Å². The van der Waals surface area contributed by atoms with Crippen LogP contribution >= 0.6 is 0 Å². The minimum absolute atomic E-state index is 0.0397. The maximum Gasteiger partial charge on any atom is 0.433 e. The van der Waals surface area contributed by atoms with Gasteiger partial charge >= 0.3 is 6.18 Å². The monoisotopic (exact) mass is 382 g/mol. The number of nitriles is 1. The number of hydrogen-bond donors (Lipinski definition) is 1. The van der Waals surface area contributed by atoms with Crippen molar-refractivity contribution in [3.63, 3.8) is 0 Å². The van der Waals surface area contributed by atoms with E-state index >= 15 is 0 Å². The number of nitrogens with zero attached hydrogens (tertiary/aromatic N) is 3. The highest BCUT2D eigenvalue weighted by Crippen LogP contribution is 2.31. The highest BCUT2D eigenvalue weighted by atomic mass is 19.4. The maximum atomic E-state index is 13.1. The van der Waals surface area contributed by atoms with Gasteiger partial charge in [-0.15, -0.1) is 0 Å². The van der Waals surface area contributed by atoms with Gasteiger partial charge in [0.05, 0.1) is 17.3 Å². The van der Waals surface area contributed by atoms with E-state index in [1.807, 2.05) is 37.3 Å². The third-order valence-electron chi connectivity index (χ3n) is 4.22. The molecule has 2 aromatic heterocycles. The molecular formula is C21H17F3N4. The Morgan fingerprint density at radius 3 is 2.43 bits per heavy atom. The van der Waals surface area contributed by atoms with E-state index in [0.29, 0.717) is 12.1 Å². The molecule has 0 amide bonds. The first-order chi connectivity index (χ1) is 13.4. The van der Waals surface area contributed by atoms with Crippen molar-refractivity contribution in [3.8, 4) is 6.07 Å². The van der Waals surface area contributed by atoms with Crippen molar-refractivity contribution in [2.45, 2.75) is 25.6 Å². The van der Waals surface area contributed by atoms with Gasteiger partial charge in [-0.05, 0) is 43.2 Å². The number of pyridine rings is 2. The summed E-state index contributed by atoms with van der Waals surface area (Å²) in [4.78, 5) is 7.97. The van der Waals surface area contributed by atoms with Gasteiger partial charge in [-0.25, -0.2) is 4.98 Å². The fourth-order valence-corrected chi connectivity index (χ4v) is 2.75. The van der Waals surface area contributed by atoms with Gasteiger partial charge in [-0.1, -0.05) is 35.9 Å². The van der Waals surface area contributed by atoms with Crippen LogP contribution in [0.3, 0.4) is 0 Å². The Labute approximate surface area is 160 Å². The average Bonchev–Trinajstić information content (AvgIpc) is 2.69. The summed E-state index contributed by atoms with van der Waals surface area (Å²) >= 11 is 0. The Morgan fingerprint density at radius 2 is 1.82 bits per heavy atom. The van der Waals surface area contributed by atoms with Crippen LogP contribution in [0.2, 0.25) is 0 Å². The second kappa shape index (κ2) is 8.09. The van der Waals surface area contributed by atoms with Crippen molar-refractivity contribution in [2.24, 2.45) is 0 Å². The van der Waals surface area contributed by atoms with Gasteiger partial charge in [0, 0.05) is 6.20 Å². The zero-order valence-corrected chi connectivity index (χ0v) is 15.0. The van der Waals surface area contributed by atoms with Crippen LogP contribution in [0.4, 0.5) is 19.0 Å². The van der Waals surface area contributed by atoms with Crippen molar-refractivity contribution in [3.05, 3.63) is 88.9 Å². The average molecular weight is 382 g/mol. The number of aromatic nitrogens is 2. The summed E-state index contributed by atoms with van der Waals surface area (Å²) in [6, 6.07) is 16.6. The maximum absolute atomic E-state index is 13.1. The van der Waals surface area contributed by atoms with Crippen LogP contribution in [0, 0.1) is 18.3 Å². The van der Waals surface area contributed by atoms with E-state index in [4.69, 9.17) is 0 Å². The van der Waals surface area contributed by atoms with Crippen LogP contribution in [-0.4, -0.2) is 9.97 Å². The van der Waals surface area contributed by atoms with Crippen molar-refractivity contribution < 1.29 is 13.2 Å². The smallest absolute Gasteiger partial charge is 0.360 e. The molecule has 1 unspecified atom stereocenters. The number of halogens is 3.